The van der Waals surface area contributed by atoms with Crippen molar-refractivity contribution in [1.82, 2.24) is 47.8 Å². The SMILES string of the molecule is CC(C)(C)CC(=O)Nc1nc2c(C(F)(F)F)cc(Br)cc2n1C1CCC1.CC(C)(C)CC(=O)Nc1nc2c(F)cc(C(O)(CF)CF)cc2n1C1CCC1.CC(O)(CC(=O)Nc1nc2cc(F)c(C#N)cc2n1C1(C)CCC1)c1ccccc1F.CCC(C)(CF)CC(=O)Nc1nc2c(F)cc(C(C)(C)O)cc2n1C1(C)CCC1.COc1cccc2nc(NC(=O)CC(C)(C)C)n(C3CCC3)c12. The summed E-state index contributed by atoms with van der Waals surface area (Å²) in [6, 6.07) is 24.4. The Labute approximate surface area is 798 Å². The van der Waals surface area contributed by atoms with Crippen LogP contribution in [0.15, 0.2) is 95.5 Å². The predicted octanol–water partition coefficient (Wildman–Crippen LogP) is 23.8. The van der Waals surface area contributed by atoms with Crippen LogP contribution in [0.25, 0.3) is 55.2 Å². The Kier molecular flexibility index (Phi) is 31.2. The van der Waals surface area contributed by atoms with E-state index < -0.39 is 89.6 Å². The van der Waals surface area contributed by atoms with Crippen LogP contribution in [0.1, 0.15) is 292 Å². The van der Waals surface area contributed by atoms with Gasteiger partial charge in [-0.2, -0.15) is 18.4 Å². The Morgan fingerprint density at radius 3 is 1.35 bits per heavy atom. The molecule has 8 N–H and O–H groups in total. The lowest BCUT2D eigenvalue weighted by molar-refractivity contribution is -0.136. The van der Waals surface area contributed by atoms with Crippen LogP contribution in [0, 0.1) is 56.3 Å². The van der Waals surface area contributed by atoms with Gasteiger partial charge in [0.2, 0.25) is 59.3 Å². The number of aliphatic hydroxyl groups is 3. The van der Waals surface area contributed by atoms with E-state index in [4.69, 9.17) is 4.74 Å². The van der Waals surface area contributed by atoms with Gasteiger partial charge in [0.25, 0.3) is 0 Å². The first-order valence-corrected chi connectivity index (χ1v) is 47.3. The van der Waals surface area contributed by atoms with Gasteiger partial charge >= 0.3 is 6.18 Å². The van der Waals surface area contributed by atoms with Gasteiger partial charge in [0.15, 0.2) is 11.6 Å². The second-order valence-electron chi connectivity index (χ2n) is 42.4. The normalized spacial score (nSPS) is 16.5. The van der Waals surface area contributed by atoms with Crippen LogP contribution in [0.2, 0.25) is 0 Å². The zero-order valence-corrected chi connectivity index (χ0v) is 82.3. The van der Waals surface area contributed by atoms with Gasteiger partial charge in [0.1, 0.15) is 64.5 Å². The number of alkyl halides is 6. The van der Waals surface area contributed by atoms with E-state index in [9.17, 15) is 88.5 Å². The maximum atomic E-state index is 14.8. The number of carbonyl (C=O) groups excluding carboxylic acids is 5. The zero-order chi connectivity index (χ0) is 101. The number of nitrogens with one attached hydrogen (secondary N) is 5. The molecule has 0 radical (unpaired) electrons. The minimum atomic E-state index is -4.52. The summed E-state index contributed by atoms with van der Waals surface area (Å²) < 4.78 is 153. The molecule has 5 amide bonds. The van der Waals surface area contributed by atoms with Crippen molar-refractivity contribution < 1.29 is 87.9 Å². The fourth-order valence-electron chi connectivity index (χ4n) is 17.6. The second kappa shape index (κ2) is 40.8. The van der Waals surface area contributed by atoms with Crippen LogP contribution < -0.4 is 31.3 Å². The van der Waals surface area contributed by atoms with Crippen molar-refractivity contribution in [3.05, 3.63) is 147 Å². The quantitative estimate of drug-likeness (QED) is 0.0247. The number of rotatable bonds is 25. The summed E-state index contributed by atoms with van der Waals surface area (Å²) in [4.78, 5) is 84.4. The molecule has 5 heterocycles. The highest BCUT2D eigenvalue weighted by atomic mass is 79.9. The van der Waals surface area contributed by atoms with Gasteiger partial charge in [0, 0.05) is 76.4 Å². The molecule has 0 aliphatic heterocycles. The average Bonchev–Trinajstić information content (AvgIpc) is 1.58. The van der Waals surface area contributed by atoms with E-state index in [-0.39, 0.29) is 139 Å². The number of amides is 5. The Hall–Kier alpha value is -11.0. The van der Waals surface area contributed by atoms with Gasteiger partial charge in [-0.1, -0.05) is 116 Å². The minimum Gasteiger partial charge on any atom is -0.494 e. The van der Waals surface area contributed by atoms with Crippen LogP contribution in [-0.4, -0.2) is 120 Å². The molecule has 2 unspecified atom stereocenters. The summed E-state index contributed by atoms with van der Waals surface area (Å²) in [5.74, 6) is -1.66. The molecule has 740 valence electrons. The summed E-state index contributed by atoms with van der Waals surface area (Å²) in [7, 11) is 1.67. The Bertz CT molecular complexity index is 6350. The molecule has 5 aliphatic carbocycles. The third-order valence-corrected chi connectivity index (χ3v) is 26.7. The van der Waals surface area contributed by atoms with E-state index in [1.807, 2.05) is 88.8 Å². The number of methoxy groups -OCH3 is 1. The standard InChI is InChI=1S/C23H22F2N4O2.C22H31F2N3O2.C20H26F3N3O2.C18H21BrF3N3O.C18H25N3O2/c1-22(8-5-9-22)29-19-10-14(13-26)17(25)11-18(19)27-21(29)28-20(30)12-23(2,31)15-6-3-4-7-16(15)24;1-6-21(4,13-23)12-17(28)25-19-26-18-15(24)10-14(20(2,3)29)11-16(18)27(19)22(5)8-7-9-22;1-19(2,3)9-16(27)24-18-25-17-14(23)7-12(20(28,10-21)11-22)8-15(17)26(18)13-5-4-6-13;1-17(2,3)9-14(26)23-16-24-15-12(18(20,21)22)7-10(19)8-13(15)25(16)11-5-4-6-11;1-18(2,3)11-15(22)20-17-19-13-9-6-10-14(23-4)16(13)21(17)12-7-5-8-12/h3-4,6-7,10-11,31H,5,8-9,12H2,1-2H3,(H,27,28,30);10-11,29H,6-9,12-13H2,1-5H3,(H,25,26,28);7-8,13,28H,4-6,9-11H2,1-3H3,(H,24,25,27);7-8,11H,4-6,9H2,1-3H3,(H,23,24,26);6,9-10,12H,5,7-8,11H2,1-4H3,(H,19,20,22). The van der Waals surface area contributed by atoms with Gasteiger partial charge in [-0.15, -0.1) is 0 Å². The van der Waals surface area contributed by atoms with Gasteiger partial charge in [-0.3, -0.25) is 54.9 Å². The van der Waals surface area contributed by atoms with E-state index in [2.05, 4.69) is 99.7 Å². The predicted molar refractivity (Wildman–Crippen MR) is 512 cm³/mol. The molecule has 0 saturated heterocycles. The van der Waals surface area contributed by atoms with Crippen molar-refractivity contribution in [3.63, 3.8) is 0 Å². The topological polar surface area (TPSA) is 328 Å². The summed E-state index contributed by atoms with van der Waals surface area (Å²) in [5.41, 5.74) is -3.84. The van der Waals surface area contributed by atoms with Gasteiger partial charge in [-0.25, -0.2) is 51.3 Å². The monoisotopic (exact) mass is 1970 g/mol. The summed E-state index contributed by atoms with van der Waals surface area (Å²) in [6.45, 7) is 26.7. The number of ether oxygens (including phenoxy) is 1. The third kappa shape index (κ3) is 23.9. The molecule has 2 atom stereocenters. The number of hydrogen-bond donors (Lipinski definition) is 8. The molecule has 5 saturated carbocycles. The first-order valence-electron chi connectivity index (χ1n) is 46.5. The molecule has 137 heavy (non-hydrogen) atoms. The number of anilines is 5. The molecular weight excluding hydrogens is 1850 g/mol. The minimum absolute atomic E-state index is 0.00164. The smallest absolute Gasteiger partial charge is 0.418 e. The lowest BCUT2D eigenvalue weighted by Crippen LogP contribution is -2.39. The Balaban J connectivity index is 0.000000154. The Morgan fingerprint density at radius 2 is 0.905 bits per heavy atom. The van der Waals surface area contributed by atoms with E-state index in [1.54, 1.807) is 55.2 Å². The summed E-state index contributed by atoms with van der Waals surface area (Å²) in [6.07, 6.45) is 10.9. The number of benzene rings is 6. The molecule has 6 aromatic carbocycles. The van der Waals surface area contributed by atoms with Crippen LogP contribution in [0.4, 0.5) is 73.6 Å². The number of para-hydroxylation sites is 1. The summed E-state index contributed by atoms with van der Waals surface area (Å²) >= 11 is 3.17. The Morgan fingerprint density at radius 1 is 0.474 bits per heavy atom. The molecule has 36 heteroatoms. The first-order chi connectivity index (χ1) is 64.0. The lowest BCUT2D eigenvalue weighted by atomic mass is 9.78. The second-order valence-corrected chi connectivity index (χ2v) is 43.3. The number of carbonyl (C=O) groups is 5. The third-order valence-electron chi connectivity index (χ3n) is 26.3. The molecule has 0 spiro atoms. The highest BCUT2D eigenvalue weighted by molar-refractivity contribution is 9.10. The number of nitrogens with zero attached hydrogens (tertiary/aromatic N) is 11. The van der Waals surface area contributed by atoms with Crippen molar-refractivity contribution in [2.75, 3.05) is 53.7 Å². The van der Waals surface area contributed by atoms with Crippen molar-refractivity contribution in [1.29, 1.82) is 5.26 Å². The number of fused-ring (bicyclic) bond motifs is 5. The fourth-order valence-corrected chi connectivity index (χ4v) is 18.0. The van der Waals surface area contributed by atoms with Crippen molar-refractivity contribution in [2.45, 2.75) is 298 Å². The summed E-state index contributed by atoms with van der Waals surface area (Å²) in [5, 5.41) is 54.5. The number of aromatic nitrogens is 10. The van der Waals surface area contributed by atoms with Crippen LogP contribution in [0.5, 0.6) is 5.75 Å². The molecule has 5 fully saturated rings. The molecule has 11 aromatic rings. The molecule has 16 rings (SSSR count). The largest absolute Gasteiger partial charge is 0.494 e. The maximum Gasteiger partial charge on any atom is 0.418 e. The van der Waals surface area contributed by atoms with Gasteiger partial charge in [-0.05, 0) is 225 Å². The number of nitriles is 1. The lowest BCUT2D eigenvalue weighted by Gasteiger charge is -2.41. The molecule has 0 bridgehead atoms. The number of hydrogen-bond acceptors (Lipinski definition) is 15. The maximum absolute atomic E-state index is 14.8. The van der Waals surface area contributed by atoms with E-state index in [1.165, 1.54) is 55.8 Å². The van der Waals surface area contributed by atoms with E-state index in [0.29, 0.717) is 62.5 Å². The van der Waals surface area contributed by atoms with Crippen molar-refractivity contribution in [3.8, 4) is 11.8 Å². The van der Waals surface area contributed by atoms with Crippen LogP contribution in [-0.2, 0) is 58.0 Å². The highest BCUT2D eigenvalue weighted by Gasteiger charge is 2.44. The molecule has 5 aromatic heterocycles. The molecule has 25 nitrogen and oxygen atoms in total. The number of halogens is 11. The number of imidazole rings is 5. The van der Waals surface area contributed by atoms with Crippen molar-refractivity contribution >= 4 is 130 Å². The van der Waals surface area contributed by atoms with Crippen molar-refractivity contribution in [2.24, 2.45) is 21.7 Å². The first kappa shape index (κ1) is 105. The zero-order valence-electron chi connectivity index (χ0n) is 80.7. The van der Waals surface area contributed by atoms with Gasteiger partial charge in [0.05, 0.1) is 75.6 Å². The molecule has 5 aliphatic rings. The average molecular weight is 1980 g/mol. The van der Waals surface area contributed by atoms with Crippen LogP contribution >= 0.6 is 15.9 Å². The van der Waals surface area contributed by atoms with E-state index in [0.717, 1.165) is 119 Å². The van der Waals surface area contributed by atoms with E-state index >= 15 is 0 Å². The molecular formula is C101H125BrF10N16O9. The van der Waals surface area contributed by atoms with Crippen LogP contribution in [0.3, 0.4) is 0 Å². The van der Waals surface area contributed by atoms with Gasteiger partial charge < -0.3 is 42.9 Å². The highest BCUT2D eigenvalue weighted by Crippen LogP contribution is 2.49. The fraction of sp³-hybridized carbons (Fsp3) is 0.535.